The van der Waals surface area contributed by atoms with E-state index in [1.165, 1.54) is 0 Å². The SMILES string of the molecule is Oc1c(O)c(O)c2c(oc3c(O)c(O)c(-c4c5c(O)c(O)c(O)c(O)c5c(-c5c(O)c(O)c6c(O)c(O)c(O)c(O)c6c5O)c5c(O)c(O)c(O)c(O)c45)c(O)c32)c1O. The monoisotopic (exact) mass is 822 g/mol. The maximum absolute atomic E-state index is 11.9. The fourth-order valence-electron chi connectivity index (χ4n) is 7.36. The smallest absolute Gasteiger partial charge is 0.208 e. The molecular formula is C36H22O23. The second kappa shape index (κ2) is 11.2. The van der Waals surface area contributed by atoms with Crippen molar-refractivity contribution in [1.29, 1.82) is 0 Å². The van der Waals surface area contributed by atoms with E-state index in [-0.39, 0.29) is 0 Å². The summed E-state index contributed by atoms with van der Waals surface area (Å²) in [7, 11) is 0. The second-order valence-electron chi connectivity index (χ2n) is 12.9. The standard InChI is InChI=1S/C36H22O23/c37-13-7(19(43)20(44)10-9(13)21(45)29(53)30(54)22(10)46)1-3-5(17(41)27(51)25(49)15(3)39)2(6-4(1)16(40)26(50)28(52)18(6)42)8-14(38)11-12-24(48)31(55)32(56)34(58)36(12)59-35(11)33(57)23(8)47/h37-58H. The fourth-order valence-corrected chi connectivity index (χ4v) is 7.36. The Morgan fingerprint density at radius 1 is 0.153 bits per heavy atom. The highest BCUT2D eigenvalue weighted by molar-refractivity contribution is 6.32. The number of hydrogen-bond acceptors (Lipinski definition) is 23. The molecule has 8 rings (SSSR count). The summed E-state index contributed by atoms with van der Waals surface area (Å²) in [6.45, 7) is 0. The van der Waals surface area contributed by atoms with E-state index in [4.69, 9.17) is 4.42 Å². The van der Waals surface area contributed by atoms with Crippen molar-refractivity contribution in [3.63, 3.8) is 0 Å². The van der Waals surface area contributed by atoms with E-state index in [2.05, 4.69) is 0 Å². The van der Waals surface area contributed by atoms with Gasteiger partial charge in [0.15, 0.2) is 68.7 Å². The van der Waals surface area contributed by atoms with Crippen LogP contribution in [0.1, 0.15) is 0 Å². The zero-order chi connectivity index (χ0) is 43.5. The largest absolute Gasteiger partial charge is 0.506 e. The molecule has 0 amide bonds. The van der Waals surface area contributed by atoms with Gasteiger partial charge in [-0.15, -0.1) is 0 Å². The fraction of sp³-hybridized carbons (Fsp3) is 0. The first-order valence-electron chi connectivity index (χ1n) is 15.8. The minimum Gasteiger partial charge on any atom is -0.506 e. The topological polar surface area (TPSA) is 458 Å². The first kappa shape index (κ1) is 36.7. The van der Waals surface area contributed by atoms with Crippen LogP contribution < -0.4 is 0 Å². The Morgan fingerprint density at radius 2 is 0.356 bits per heavy atom. The van der Waals surface area contributed by atoms with Crippen molar-refractivity contribution >= 4 is 54.3 Å². The summed E-state index contributed by atoms with van der Waals surface area (Å²) in [5.41, 5.74) is -7.32. The van der Waals surface area contributed by atoms with E-state index < -0.39 is 203 Å². The van der Waals surface area contributed by atoms with Crippen LogP contribution in [-0.2, 0) is 0 Å². The Bertz CT molecular complexity index is 3260. The Labute approximate surface area is 319 Å². The molecule has 1 heterocycles. The molecule has 59 heavy (non-hydrogen) atoms. The summed E-state index contributed by atoms with van der Waals surface area (Å²) in [5.74, 6) is -34.3. The number of rotatable bonds is 2. The van der Waals surface area contributed by atoms with Gasteiger partial charge >= 0.3 is 0 Å². The lowest BCUT2D eigenvalue weighted by molar-refractivity contribution is 0.347. The number of benzene rings is 7. The van der Waals surface area contributed by atoms with Crippen molar-refractivity contribution in [2.45, 2.75) is 0 Å². The molecule has 22 N–H and O–H groups in total. The average molecular weight is 823 g/mol. The molecule has 1 aromatic heterocycles. The van der Waals surface area contributed by atoms with Crippen LogP contribution in [0.2, 0.25) is 0 Å². The molecule has 8 aromatic rings. The highest BCUT2D eigenvalue weighted by Gasteiger charge is 2.39. The van der Waals surface area contributed by atoms with Crippen molar-refractivity contribution in [3.05, 3.63) is 0 Å². The summed E-state index contributed by atoms with van der Waals surface area (Å²) in [4.78, 5) is 0. The van der Waals surface area contributed by atoms with Crippen LogP contribution in [0, 0.1) is 0 Å². The second-order valence-corrected chi connectivity index (χ2v) is 12.9. The number of phenols is 22. The molecule has 0 aliphatic carbocycles. The number of phenolic OH excluding ortho intramolecular Hbond substituents is 22. The quantitative estimate of drug-likeness (QED) is 0.0667. The highest BCUT2D eigenvalue weighted by Crippen LogP contribution is 2.68. The van der Waals surface area contributed by atoms with Gasteiger partial charge in [0.05, 0.1) is 32.7 Å². The molecule has 0 saturated carbocycles. The molecule has 0 spiro atoms. The van der Waals surface area contributed by atoms with Crippen LogP contribution in [0.15, 0.2) is 4.42 Å². The first-order valence-corrected chi connectivity index (χ1v) is 15.8. The van der Waals surface area contributed by atoms with Crippen molar-refractivity contribution in [2.24, 2.45) is 0 Å². The third-order valence-corrected chi connectivity index (χ3v) is 10.0. The zero-order valence-corrected chi connectivity index (χ0v) is 28.2. The van der Waals surface area contributed by atoms with E-state index in [1.54, 1.807) is 0 Å². The lowest BCUT2D eigenvalue weighted by Crippen LogP contribution is -1.96. The Hall–Kier alpha value is -9.28. The maximum atomic E-state index is 11.9. The van der Waals surface area contributed by atoms with Crippen LogP contribution in [0.4, 0.5) is 0 Å². The zero-order valence-electron chi connectivity index (χ0n) is 28.2. The summed E-state index contributed by atoms with van der Waals surface area (Å²) in [6, 6.07) is 0. The maximum Gasteiger partial charge on any atom is 0.208 e. The van der Waals surface area contributed by atoms with Gasteiger partial charge in [0.25, 0.3) is 0 Å². The molecule has 0 aliphatic heterocycles. The molecule has 23 nitrogen and oxygen atoms in total. The van der Waals surface area contributed by atoms with Gasteiger partial charge in [0.1, 0.15) is 11.5 Å². The molecule has 304 valence electrons. The van der Waals surface area contributed by atoms with E-state index in [9.17, 15) is 112 Å². The van der Waals surface area contributed by atoms with Crippen molar-refractivity contribution in [1.82, 2.24) is 0 Å². The Balaban J connectivity index is 1.76. The van der Waals surface area contributed by atoms with Crippen LogP contribution in [0.25, 0.3) is 76.5 Å². The predicted octanol–water partition coefficient (Wildman–Crippen LogP) is 3.90. The van der Waals surface area contributed by atoms with Gasteiger partial charge in [-0.25, -0.2) is 0 Å². The summed E-state index contributed by atoms with van der Waals surface area (Å²) < 4.78 is 5.27. The van der Waals surface area contributed by atoms with Crippen LogP contribution >= 0.6 is 0 Å². The molecule has 23 heteroatoms. The Morgan fingerprint density at radius 3 is 0.712 bits per heavy atom. The molecule has 0 bridgehead atoms. The van der Waals surface area contributed by atoms with Crippen molar-refractivity contribution in [3.8, 4) is 149 Å². The van der Waals surface area contributed by atoms with Crippen molar-refractivity contribution in [2.75, 3.05) is 0 Å². The minimum atomic E-state index is -1.68. The summed E-state index contributed by atoms with van der Waals surface area (Å²) in [5, 5.41) is 232. The molecule has 0 saturated heterocycles. The van der Waals surface area contributed by atoms with Gasteiger partial charge in [-0.05, 0) is 0 Å². The van der Waals surface area contributed by atoms with Crippen LogP contribution in [-0.4, -0.2) is 112 Å². The summed E-state index contributed by atoms with van der Waals surface area (Å²) in [6.07, 6.45) is 0. The number of fused-ring (bicyclic) bond motifs is 6. The molecule has 0 radical (unpaired) electrons. The first-order chi connectivity index (χ1) is 27.5. The summed E-state index contributed by atoms with van der Waals surface area (Å²) >= 11 is 0. The van der Waals surface area contributed by atoms with Crippen LogP contribution in [0.3, 0.4) is 0 Å². The number of aromatic hydroxyl groups is 22. The normalized spacial score (nSPS) is 11.9. The van der Waals surface area contributed by atoms with Crippen molar-refractivity contribution < 1.29 is 117 Å². The molecular weight excluding hydrogens is 800 g/mol. The van der Waals surface area contributed by atoms with Gasteiger partial charge in [-0.3, -0.25) is 0 Å². The predicted molar refractivity (Wildman–Crippen MR) is 194 cm³/mol. The number of hydrogen-bond donors (Lipinski definition) is 22. The van der Waals surface area contributed by atoms with Crippen LogP contribution in [0.5, 0.6) is 126 Å². The molecule has 0 aliphatic rings. The van der Waals surface area contributed by atoms with E-state index in [0.29, 0.717) is 0 Å². The lowest BCUT2D eigenvalue weighted by atomic mass is 9.81. The molecule has 0 atom stereocenters. The third kappa shape index (κ3) is 4.02. The average Bonchev–Trinajstić information content (AvgIpc) is 3.62. The van der Waals surface area contributed by atoms with E-state index >= 15 is 0 Å². The van der Waals surface area contributed by atoms with Gasteiger partial charge < -0.3 is 117 Å². The van der Waals surface area contributed by atoms with Gasteiger partial charge in [-0.1, -0.05) is 0 Å². The van der Waals surface area contributed by atoms with Gasteiger partial charge in [-0.2, -0.15) is 0 Å². The van der Waals surface area contributed by atoms with Gasteiger partial charge in [0, 0.05) is 32.7 Å². The minimum absolute atomic E-state index is 0.925. The molecule has 0 fully saturated rings. The van der Waals surface area contributed by atoms with E-state index in [0.717, 1.165) is 0 Å². The highest BCUT2D eigenvalue weighted by atomic mass is 16.4. The lowest BCUT2D eigenvalue weighted by Gasteiger charge is -2.24. The number of furan rings is 1. The van der Waals surface area contributed by atoms with E-state index in [1.807, 2.05) is 0 Å². The molecule has 0 unspecified atom stereocenters. The van der Waals surface area contributed by atoms with Gasteiger partial charge in [0.2, 0.25) is 57.5 Å². The Kier molecular flexibility index (Phi) is 6.94. The third-order valence-electron chi connectivity index (χ3n) is 10.0. The molecule has 7 aromatic carbocycles.